The number of rotatable bonds is 9. The van der Waals surface area contributed by atoms with E-state index in [4.69, 9.17) is 4.74 Å². The van der Waals surface area contributed by atoms with Crippen LogP contribution >= 0.6 is 0 Å². The molecule has 3 aliphatic rings. The van der Waals surface area contributed by atoms with Gasteiger partial charge in [0.25, 0.3) is 0 Å². The Morgan fingerprint density at radius 1 is 1.28 bits per heavy atom. The van der Waals surface area contributed by atoms with Crippen LogP contribution in [0.15, 0.2) is 23.4 Å². The van der Waals surface area contributed by atoms with Crippen molar-refractivity contribution in [2.45, 2.75) is 103 Å². The van der Waals surface area contributed by atoms with E-state index in [0.29, 0.717) is 12.0 Å². The van der Waals surface area contributed by atoms with Gasteiger partial charge in [0.2, 0.25) is 0 Å². The molecule has 0 spiro atoms. The molecule has 1 heterocycles. The third-order valence-electron chi connectivity index (χ3n) is 6.38. The number of unbranched alkanes of at least 4 members (excludes halogenated alkanes) is 2. The van der Waals surface area contributed by atoms with Crippen molar-refractivity contribution in [3.8, 4) is 0 Å². The number of hydrogen-bond donors (Lipinski definition) is 2. The van der Waals surface area contributed by atoms with Crippen LogP contribution in [0.4, 0.5) is 0 Å². The summed E-state index contributed by atoms with van der Waals surface area (Å²) in [4.78, 5) is 0. The topological polar surface area (TPSA) is 41.5 Å². The van der Waals surface area contributed by atoms with Gasteiger partial charge in [-0.3, -0.25) is 0 Å². The van der Waals surface area contributed by atoms with Crippen molar-refractivity contribution in [2.24, 2.45) is 11.8 Å². The molecule has 0 aromatic heterocycles. The van der Waals surface area contributed by atoms with Crippen molar-refractivity contribution >= 4 is 0 Å². The summed E-state index contributed by atoms with van der Waals surface area (Å²) < 4.78 is 6.16. The van der Waals surface area contributed by atoms with E-state index in [-0.39, 0.29) is 12.2 Å². The van der Waals surface area contributed by atoms with Crippen molar-refractivity contribution in [2.75, 3.05) is 0 Å². The summed E-state index contributed by atoms with van der Waals surface area (Å²) >= 11 is 0. The average Bonchev–Trinajstić information content (AvgIpc) is 3.47. The van der Waals surface area contributed by atoms with E-state index in [0.717, 1.165) is 30.9 Å². The molecule has 3 nitrogen and oxygen atoms in total. The summed E-state index contributed by atoms with van der Waals surface area (Å²) in [5, 5.41) is 14.9. The maximum Gasteiger partial charge on any atom is 0.120 e. The minimum absolute atomic E-state index is 0.134. The predicted octanol–water partition coefficient (Wildman–Crippen LogP) is 4.71. The quantitative estimate of drug-likeness (QED) is 0.469. The van der Waals surface area contributed by atoms with Gasteiger partial charge in [-0.2, -0.15) is 0 Å². The summed E-state index contributed by atoms with van der Waals surface area (Å²) in [5.74, 6) is 1.18. The van der Waals surface area contributed by atoms with E-state index in [1.807, 2.05) is 0 Å². The Morgan fingerprint density at radius 2 is 2.00 bits per heavy atom. The molecule has 3 rings (SSSR count). The lowest BCUT2D eigenvalue weighted by Gasteiger charge is -2.38. The van der Waals surface area contributed by atoms with Gasteiger partial charge in [-0.05, 0) is 56.9 Å². The number of nitrogens with one attached hydrogen (secondary N) is 1. The maximum absolute atomic E-state index is 11.1. The Morgan fingerprint density at radius 3 is 2.56 bits per heavy atom. The fourth-order valence-electron chi connectivity index (χ4n) is 4.06. The van der Waals surface area contributed by atoms with Crippen molar-refractivity contribution in [3.05, 3.63) is 23.4 Å². The highest BCUT2D eigenvalue weighted by Crippen LogP contribution is 2.40. The van der Waals surface area contributed by atoms with Crippen LogP contribution < -0.4 is 5.32 Å². The third-order valence-corrected chi connectivity index (χ3v) is 6.38. The van der Waals surface area contributed by atoms with Gasteiger partial charge in [0, 0.05) is 17.7 Å². The van der Waals surface area contributed by atoms with Crippen molar-refractivity contribution in [1.29, 1.82) is 0 Å². The highest BCUT2D eigenvalue weighted by Gasteiger charge is 2.38. The van der Waals surface area contributed by atoms with E-state index in [1.165, 1.54) is 49.7 Å². The van der Waals surface area contributed by atoms with Crippen molar-refractivity contribution in [1.82, 2.24) is 5.32 Å². The molecule has 142 valence electrons. The first kappa shape index (κ1) is 19.0. The Bertz CT molecular complexity index is 502. The maximum atomic E-state index is 11.1. The largest absolute Gasteiger partial charge is 0.384 e. The van der Waals surface area contributed by atoms with Crippen molar-refractivity contribution in [3.63, 3.8) is 0 Å². The van der Waals surface area contributed by atoms with E-state index < -0.39 is 6.10 Å². The molecule has 0 aromatic carbocycles. The summed E-state index contributed by atoms with van der Waals surface area (Å²) in [6, 6.07) is 0.535. The molecule has 3 fully saturated rings. The van der Waals surface area contributed by atoms with Crippen LogP contribution in [0, 0.1) is 11.8 Å². The van der Waals surface area contributed by atoms with Gasteiger partial charge in [-0.1, -0.05) is 45.3 Å². The van der Waals surface area contributed by atoms with Gasteiger partial charge in [0.15, 0.2) is 0 Å². The zero-order valence-electron chi connectivity index (χ0n) is 16.4. The minimum Gasteiger partial charge on any atom is -0.384 e. The Hall–Kier alpha value is -0.800. The first-order chi connectivity index (χ1) is 12.0. The molecule has 3 heteroatoms. The van der Waals surface area contributed by atoms with Gasteiger partial charge in [0.05, 0.1) is 12.2 Å². The summed E-state index contributed by atoms with van der Waals surface area (Å²) in [6.07, 6.45) is 10.3. The monoisotopic (exact) mass is 347 g/mol. The summed E-state index contributed by atoms with van der Waals surface area (Å²) in [6.45, 7) is 10.8. The highest BCUT2D eigenvalue weighted by molar-refractivity contribution is 5.29. The van der Waals surface area contributed by atoms with E-state index in [1.54, 1.807) is 0 Å². The predicted molar refractivity (Wildman–Crippen MR) is 103 cm³/mol. The number of aliphatic hydroxyl groups is 1. The lowest BCUT2D eigenvalue weighted by molar-refractivity contribution is -0.0920. The minimum atomic E-state index is -0.531. The normalized spacial score (nSPS) is 31.6. The third kappa shape index (κ3) is 4.89. The van der Waals surface area contributed by atoms with Crippen LogP contribution in [-0.4, -0.2) is 29.5 Å². The second kappa shape index (κ2) is 8.26. The molecule has 5 atom stereocenters. The Labute approximate surface area is 153 Å². The molecule has 0 aromatic rings. The Balaban J connectivity index is 1.65. The van der Waals surface area contributed by atoms with Gasteiger partial charge >= 0.3 is 0 Å². The van der Waals surface area contributed by atoms with Gasteiger partial charge < -0.3 is 15.2 Å². The van der Waals surface area contributed by atoms with Gasteiger partial charge in [0.1, 0.15) is 6.10 Å². The van der Waals surface area contributed by atoms with Crippen LogP contribution in [0.1, 0.15) is 78.6 Å². The summed E-state index contributed by atoms with van der Waals surface area (Å²) in [7, 11) is 0. The van der Waals surface area contributed by atoms with Crippen LogP contribution in [-0.2, 0) is 4.74 Å². The molecule has 0 radical (unpaired) electrons. The number of aliphatic hydroxyl groups excluding tert-OH is 1. The van der Waals surface area contributed by atoms with Crippen LogP contribution in [0.25, 0.3) is 0 Å². The molecule has 1 aliphatic heterocycles. The first-order valence-electron chi connectivity index (χ1n) is 10.5. The highest BCUT2D eigenvalue weighted by atomic mass is 16.5. The molecule has 0 amide bonds. The molecular weight excluding hydrogens is 310 g/mol. The lowest BCUT2D eigenvalue weighted by Crippen LogP contribution is -2.45. The SMILES string of the molecule is C=C1CC(C(O)C(NC(CCCCC)C2CC2)=C2CC2)OC(C)C1C. The molecule has 1 saturated heterocycles. The van der Waals surface area contributed by atoms with E-state index in [9.17, 15) is 5.11 Å². The molecule has 0 bridgehead atoms. The van der Waals surface area contributed by atoms with Crippen molar-refractivity contribution < 1.29 is 9.84 Å². The number of allylic oxidation sites excluding steroid dienone is 1. The van der Waals surface area contributed by atoms with Gasteiger partial charge in [-0.15, -0.1) is 0 Å². The second-order valence-electron chi connectivity index (χ2n) is 8.58. The van der Waals surface area contributed by atoms with E-state index >= 15 is 0 Å². The zero-order chi connectivity index (χ0) is 18.0. The molecule has 5 unspecified atom stereocenters. The molecule has 2 saturated carbocycles. The van der Waals surface area contributed by atoms with E-state index in [2.05, 4.69) is 32.7 Å². The second-order valence-corrected chi connectivity index (χ2v) is 8.58. The number of ether oxygens (including phenoxy) is 1. The van der Waals surface area contributed by atoms with Crippen LogP contribution in [0.5, 0.6) is 0 Å². The molecule has 2 aliphatic carbocycles. The number of hydrogen-bond acceptors (Lipinski definition) is 3. The Kier molecular flexibility index (Phi) is 6.27. The molecular formula is C22H37NO2. The standard InChI is InChI=1S/C22H37NO2/c1-5-6-7-8-19(17-9-10-17)23-21(18-11-12-18)22(24)20-13-14(2)15(3)16(4)25-20/h15-17,19-20,22-24H,2,5-13H2,1,3-4H3. The first-order valence-corrected chi connectivity index (χ1v) is 10.5. The smallest absolute Gasteiger partial charge is 0.120 e. The fraction of sp³-hybridized carbons (Fsp3) is 0.818. The molecule has 2 N–H and O–H groups in total. The molecule has 25 heavy (non-hydrogen) atoms. The zero-order valence-corrected chi connectivity index (χ0v) is 16.4. The lowest BCUT2D eigenvalue weighted by atomic mass is 9.87. The summed E-state index contributed by atoms with van der Waals surface area (Å²) in [5.41, 5.74) is 3.71. The average molecular weight is 348 g/mol. The van der Waals surface area contributed by atoms with Crippen LogP contribution in [0.2, 0.25) is 0 Å². The van der Waals surface area contributed by atoms with Crippen LogP contribution in [0.3, 0.4) is 0 Å². The fourth-order valence-corrected chi connectivity index (χ4v) is 4.06. The van der Waals surface area contributed by atoms with Gasteiger partial charge in [-0.25, -0.2) is 0 Å².